The first-order valence-corrected chi connectivity index (χ1v) is 6.87. The first-order chi connectivity index (χ1) is 8.42. The average Bonchev–Trinajstić information content (AvgIpc) is 2.27. The summed E-state index contributed by atoms with van der Waals surface area (Å²) in [4.78, 5) is 0. The quantitative estimate of drug-likeness (QED) is 0.787. The van der Waals surface area contributed by atoms with Gasteiger partial charge in [-0.05, 0) is 64.3 Å². The van der Waals surface area contributed by atoms with Gasteiger partial charge in [-0.1, -0.05) is 17.7 Å². The van der Waals surface area contributed by atoms with E-state index in [-0.39, 0.29) is 5.54 Å². The number of methoxy groups -OCH3 is 1. The lowest BCUT2D eigenvalue weighted by molar-refractivity contribution is 0.414. The topological polar surface area (TPSA) is 21.3 Å². The molecular formula is C15H24ClNO. The summed E-state index contributed by atoms with van der Waals surface area (Å²) in [5.41, 5.74) is 1.49. The molecule has 0 aliphatic carbocycles. The first kappa shape index (κ1) is 15.3. The van der Waals surface area contributed by atoms with E-state index in [1.165, 1.54) is 18.4 Å². The minimum Gasteiger partial charge on any atom is -0.495 e. The van der Waals surface area contributed by atoms with Crippen LogP contribution in [0.3, 0.4) is 0 Å². The molecule has 1 N–H and O–H groups in total. The molecule has 102 valence electrons. The standard InChI is InChI=1S/C15H24ClNO/c1-15(2,3)17-10-6-5-7-12-8-9-14(18-4)13(16)11-12/h8-9,11,17H,5-7,10H2,1-4H3. The van der Waals surface area contributed by atoms with Crippen molar-refractivity contribution in [2.24, 2.45) is 0 Å². The van der Waals surface area contributed by atoms with Crippen molar-refractivity contribution in [3.63, 3.8) is 0 Å². The monoisotopic (exact) mass is 269 g/mol. The van der Waals surface area contributed by atoms with Gasteiger partial charge in [-0.3, -0.25) is 0 Å². The molecule has 0 fully saturated rings. The van der Waals surface area contributed by atoms with Gasteiger partial charge in [0, 0.05) is 5.54 Å². The van der Waals surface area contributed by atoms with Crippen molar-refractivity contribution in [2.75, 3.05) is 13.7 Å². The summed E-state index contributed by atoms with van der Waals surface area (Å²) >= 11 is 6.09. The van der Waals surface area contributed by atoms with Crippen LogP contribution >= 0.6 is 11.6 Å². The van der Waals surface area contributed by atoms with E-state index in [4.69, 9.17) is 16.3 Å². The molecule has 0 saturated carbocycles. The van der Waals surface area contributed by atoms with Crippen LogP contribution < -0.4 is 10.1 Å². The predicted octanol–water partition coefficient (Wildman–Crippen LogP) is 4.06. The highest BCUT2D eigenvalue weighted by Gasteiger charge is 2.07. The van der Waals surface area contributed by atoms with Gasteiger partial charge in [0.1, 0.15) is 5.75 Å². The van der Waals surface area contributed by atoms with E-state index in [0.717, 1.165) is 18.7 Å². The molecule has 0 aliphatic heterocycles. The zero-order valence-corrected chi connectivity index (χ0v) is 12.6. The Labute approximate surface area is 116 Å². The van der Waals surface area contributed by atoms with Gasteiger partial charge in [0.05, 0.1) is 12.1 Å². The second-order valence-corrected chi connectivity index (χ2v) is 6.01. The van der Waals surface area contributed by atoms with Crippen LogP contribution in [0.2, 0.25) is 5.02 Å². The molecule has 0 saturated heterocycles. The normalized spacial score (nSPS) is 11.6. The van der Waals surface area contributed by atoms with Gasteiger partial charge < -0.3 is 10.1 Å². The fourth-order valence-corrected chi connectivity index (χ4v) is 2.06. The van der Waals surface area contributed by atoms with Crippen LogP contribution in [0.15, 0.2) is 18.2 Å². The summed E-state index contributed by atoms with van der Waals surface area (Å²) in [5, 5.41) is 4.19. The van der Waals surface area contributed by atoms with Crippen molar-refractivity contribution < 1.29 is 4.74 Å². The maximum atomic E-state index is 6.09. The van der Waals surface area contributed by atoms with Crippen molar-refractivity contribution in [3.8, 4) is 5.75 Å². The van der Waals surface area contributed by atoms with E-state index >= 15 is 0 Å². The lowest BCUT2D eigenvalue weighted by Crippen LogP contribution is -2.36. The third-order valence-corrected chi connectivity index (χ3v) is 3.06. The van der Waals surface area contributed by atoms with Crippen molar-refractivity contribution in [2.45, 2.75) is 45.6 Å². The van der Waals surface area contributed by atoms with Crippen molar-refractivity contribution in [3.05, 3.63) is 28.8 Å². The van der Waals surface area contributed by atoms with E-state index in [0.29, 0.717) is 5.02 Å². The molecule has 0 bridgehead atoms. The zero-order valence-electron chi connectivity index (χ0n) is 11.8. The highest BCUT2D eigenvalue weighted by molar-refractivity contribution is 6.32. The van der Waals surface area contributed by atoms with Crippen molar-refractivity contribution >= 4 is 11.6 Å². The summed E-state index contributed by atoms with van der Waals surface area (Å²) in [6, 6.07) is 6.02. The van der Waals surface area contributed by atoms with Gasteiger partial charge in [0.25, 0.3) is 0 Å². The van der Waals surface area contributed by atoms with Crippen LogP contribution in [0.5, 0.6) is 5.75 Å². The summed E-state index contributed by atoms with van der Waals surface area (Å²) in [7, 11) is 1.64. The van der Waals surface area contributed by atoms with Gasteiger partial charge in [0.15, 0.2) is 0 Å². The second-order valence-electron chi connectivity index (χ2n) is 5.60. The number of benzene rings is 1. The Bertz CT molecular complexity index is 371. The van der Waals surface area contributed by atoms with Gasteiger partial charge in [0.2, 0.25) is 0 Å². The second kappa shape index (κ2) is 7.01. The predicted molar refractivity (Wildman–Crippen MR) is 78.7 cm³/mol. The summed E-state index contributed by atoms with van der Waals surface area (Å²) in [6.45, 7) is 7.64. The zero-order chi connectivity index (χ0) is 13.6. The minimum atomic E-state index is 0.212. The maximum Gasteiger partial charge on any atom is 0.137 e. The molecule has 0 aliphatic rings. The first-order valence-electron chi connectivity index (χ1n) is 6.50. The van der Waals surface area contributed by atoms with Crippen LogP contribution in [-0.2, 0) is 6.42 Å². The number of hydrogen-bond acceptors (Lipinski definition) is 2. The number of rotatable bonds is 6. The Morgan fingerprint density at radius 3 is 2.50 bits per heavy atom. The van der Waals surface area contributed by atoms with Gasteiger partial charge in [-0.2, -0.15) is 0 Å². The molecule has 1 aromatic rings. The number of hydrogen-bond donors (Lipinski definition) is 1. The SMILES string of the molecule is COc1ccc(CCCCNC(C)(C)C)cc1Cl. The molecule has 18 heavy (non-hydrogen) atoms. The summed E-state index contributed by atoms with van der Waals surface area (Å²) < 4.78 is 5.14. The smallest absolute Gasteiger partial charge is 0.137 e. The van der Waals surface area contributed by atoms with E-state index in [1.54, 1.807) is 7.11 Å². The molecule has 0 spiro atoms. The molecule has 0 aromatic heterocycles. The van der Waals surface area contributed by atoms with Crippen molar-refractivity contribution in [1.82, 2.24) is 5.32 Å². The largest absolute Gasteiger partial charge is 0.495 e. The molecule has 0 unspecified atom stereocenters. The van der Waals surface area contributed by atoms with Gasteiger partial charge in [-0.25, -0.2) is 0 Å². The molecule has 1 rings (SSSR count). The molecule has 1 aromatic carbocycles. The van der Waals surface area contributed by atoms with E-state index in [2.05, 4.69) is 32.2 Å². The molecule has 0 amide bonds. The number of halogens is 1. The van der Waals surface area contributed by atoms with E-state index in [9.17, 15) is 0 Å². The highest BCUT2D eigenvalue weighted by atomic mass is 35.5. The molecule has 0 atom stereocenters. The summed E-state index contributed by atoms with van der Waals surface area (Å²) in [6.07, 6.45) is 3.42. The Morgan fingerprint density at radius 1 is 1.22 bits per heavy atom. The van der Waals surface area contributed by atoms with Crippen LogP contribution in [-0.4, -0.2) is 19.2 Å². The number of aryl methyl sites for hydroxylation is 1. The van der Waals surface area contributed by atoms with Crippen LogP contribution in [0.1, 0.15) is 39.2 Å². The van der Waals surface area contributed by atoms with Crippen LogP contribution in [0.25, 0.3) is 0 Å². The Balaban J connectivity index is 2.29. The molecule has 0 radical (unpaired) electrons. The number of nitrogens with one attached hydrogen (secondary N) is 1. The number of ether oxygens (including phenoxy) is 1. The minimum absolute atomic E-state index is 0.212. The van der Waals surface area contributed by atoms with Crippen molar-refractivity contribution in [1.29, 1.82) is 0 Å². The lowest BCUT2D eigenvalue weighted by atomic mass is 10.1. The highest BCUT2D eigenvalue weighted by Crippen LogP contribution is 2.25. The summed E-state index contributed by atoms with van der Waals surface area (Å²) in [5.74, 6) is 0.745. The Morgan fingerprint density at radius 2 is 1.94 bits per heavy atom. The number of unbranched alkanes of at least 4 members (excludes halogenated alkanes) is 1. The average molecular weight is 270 g/mol. The fourth-order valence-electron chi connectivity index (χ4n) is 1.78. The third kappa shape index (κ3) is 5.74. The third-order valence-electron chi connectivity index (χ3n) is 2.76. The van der Waals surface area contributed by atoms with Gasteiger partial charge in [-0.15, -0.1) is 0 Å². The van der Waals surface area contributed by atoms with Crippen LogP contribution in [0.4, 0.5) is 0 Å². The Kier molecular flexibility index (Phi) is 5.97. The maximum absolute atomic E-state index is 6.09. The lowest BCUT2D eigenvalue weighted by Gasteiger charge is -2.20. The van der Waals surface area contributed by atoms with E-state index < -0.39 is 0 Å². The molecular weight excluding hydrogens is 246 g/mol. The molecule has 3 heteroatoms. The van der Waals surface area contributed by atoms with Gasteiger partial charge >= 0.3 is 0 Å². The molecule has 0 heterocycles. The fraction of sp³-hybridized carbons (Fsp3) is 0.600. The van der Waals surface area contributed by atoms with E-state index in [1.807, 2.05) is 12.1 Å². The van der Waals surface area contributed by atoms with Crippen LogP contribution in [0, 0.1) is 0 Å². The Hall–Kier alpha value is -0.730. The molecule has 2 nitrogen and oxygen atoms in total.